The second kappa shape index (κ2) is 9.46. The first-order valence-corrected chi connectivity index (χ1v) is 14.9. The van der Waals surface area contributed by atoms with Crippen LogP contribution in [0.15, 0.2) is 30.6 Å². The van der Waals surface area contributed by atoms with Gasteiger partial charge in [0, 0.05) is 24.2 Å². The maximum Gasteiger partial charge on any atom is 0.340 e. The highest BCUT2D eigenvalue weighted by molar-refractivity contribution is 7.90. The first-order valence-electron chi connectivity index (χ1n) is 12.8. The summed E-state index contributed by atoms with van der Waals surface area (Å²) in [7, 11) is -3.07. The molecule has 202 valence electrons. The fourth-order valence-electron chi connectivity index (χ4n) is 4.94. The van der Waals surface area contributed by atoms with Crippen LogP contribution >= 0.6 is 0 Å². The lowest BCUT2D eigenvalue weighted by molar-refractivity contribution is 0.0183. The lowest BCUT2D eigenvalue weighted by Crippen LogP contribution is -2.36. The minimum atomic E-state index is -3.07. The van der Waals surface area contributed by atoms with Crippen LogP contribution in [0.2, 0.25) is 0 Å². The molecule has 3 aromatic heterocycles. The Morgan fingerprint density at radius 2 is 1.97 bits per heavy atom. The van der Waals surface area contributed by atoms with E-state index >= 15 is 0 Å². The Bertz CT molecular complexity index is 1520. The summed E-state index contributed by atoms with van der Waals surface area (Å²) in [5.41, 5.74) is 7.92. The van der Waals surface area contributed by atoms with E-state index < -0.39 is 15.4 Å². The van der Waals surface area contributed by atoms with Crippen molar-refractivity contribution in [3.8, 4) is 5.88 Å². The van der Waals surface area contributed by atoms with E-state index in [2.05, 4.69) is 15.3 Å². The second-order valence-corrected chi connectivity index (χ2v) is 12.9. The molecule has 1 spiro atoms. The zero-order valence-corrected chi connectivity index (χ0v) is 22.9. The van der Waals surface area contributed by atoms with Crippen molar-refractivity contribution in [3.05, 3.63) is 47.4 Å². The van der Waals surface area contributed by atoms with Gasteiger partial charge in [0.1, 0.15) is 27.6 Å². The maximum atomic E-state index is 12.4. The summed E-state index contributed by atoms with van der Waals surface area (Å²) in [6.07, 6.45) is 7.31. The molecule has 1 unspecified atom stereocenters. The van der Waals surface area contributed by atoms with Crippen molar-refractivity contribution < 1.29 is 22.7 Å². The summed E-state index contributed by atoms with van der Waals surface area (Å²) in [4.78, 5) is 26.3. The van der Waals surface area contributed by atoms with Gasteiger partial charge in [-0.05, 0) is 68.7 Å². The molecule has 38 heavy (non-hydrogen) atoms. The first-order chi connectivity index (χ1) is 17.9. The first kappa shape index (κ1) is 26.3. The summed E-state index contributed by atoms with van der Waals surface area (Å²) in [6, 6.07) is 5.40. The number of anilines is 2. The van der Waals surface area contributed by atoms with E-state index in [1.54, 1.807) is 24.5 Å². The molecule has 0 bridgehead atoms. The Balaban J connectivity index is 1.48. The van der Waals surface area contributed by atoms with E-state index in [0.717, 1.165) is 29.5 Å². The van der Waals surface area contributed by atoms with Gasteiger partial charge >= 0.3 is 5.97 Å². The van der Waals surface area contributed by atoms with Gasteiger partial charge in [0.15, 0.2) is 0 Å². The summed E-state index contributed by atoms with van der Waals surface area (Å²) >= 11 is 0. The van der Waals surface area contributed by atoms with Gasteiger partial charge in [0.2, 0.25) is 5.88 Å². The molecule has 0 radical (unpaired) electrons. The monoisotopic (exact) mass is 539 g/mol. The van der Waals surface area contributed by atoms with Crippen LogP contribution in [-0.4, -0.2) is 54.1 Å². The largest absolute Gasteiger partial charge is 0.477 e. The highest BCUT2D eigenvalue weighted by atomic mass is 32.2. The molecule has 10 nitrogen and oxygen atoms in total. The molecule has 2 atom stereocenters. The molecule has 1 aliphatic carbocycles. The lowest BCUT2D eigenvalue weighted by atomic mass is 9.88. The van der Waals surface area contributed by atoms with Crippen LogP contribution in [0.3, 0.4) is 0 Å². The Hall–Kier alpha value is -3.31. The topological polar surface area (TPSA) is 146 Å². The number of ether oxygens (including phenoxy) is 2. The van der Waals surface area contributed by atoms with E-state index in [0.29, 0.717) is 41.3 Å². The Kier molecular flexibility index (Phi) is 6.55. The summed E-state index contributed by atoms with van der Waals surface area (Å²) in [5, 5.41) is 4.80. The second-order valence-electron chi connectivity index (χ2n) is 10.6. The number of esters is 1. The van der Waals surface area contributed by atoms with Crippen molar-refractivity contribution in [1.82, 2.24) is 15.0 Å². The fourth-order valence-corrected chi connectivity index (χ4v) is 5.58. The predicted octanol–water partition coefficient (Wildman–Crippen LogP) is 3.76. The molecule has 0 aromatic carbocycles. The third-order valence-electron chi connectivity index (χ3n) is 7.68. The number of carbonyl (C=O) groups is 1. The van der Waals surface area contributed by atoms with E-state index in [4.69, 9.17) is 20.2 Å². The summed E-state index contributed by atoms with van der Waals surface area (Å²) in [6.45, 7) is 6.10. The Morgan fingerprint density at radius 1 is 1.21 bits per heavy atom. The number of sulfone groups is 1. The van der Waals surface area contributed by atoms with Gasteiger partial charge in [-0.2, -0.15) is 0 Å². The minimum absolute atomic E-state index is 0.0393. The van der Waals surface area contributed by atoms with Crippen LogP contribution in [0, 0.1) is 0 Å². The lowest BCUT2D eigenvalue weighted by Gasteiger charge is -2.30. The van der Waals surface area contributed by atoms with Gasteiger partial charge < -0.3 is 20.5 Å². The van der Waals surface area contributed by atoms with E-state index in [1.807, 2.05) is 26.8 Å². The molecule has 0 saturated heterocycles. The van der Waals surface area contributed by atoms with Gasteiger partial charge in [0.25, 0.3) is 0 Å². The number of hydrogen-bond acceptors (Lipinski definition) is 10. The molecular formula is C27H33N5O5S. The van der Waals surface area contributed by atoms with Crippen molar-refractivity contribution in [2.75, 3.05) is 23.9 Å². The number of pyridine rings is 3. The number of nitrogens with zero attached hydrogens (tertiary/aromatic N) is 3. The van der Waals surface area contributed by atoms with Crippen LogP contribution < -0.4 is 15.8 Å². The predicted molar refractivity (Wildman–Crippen MR) is 145 cm³/mol. The van der Waals surface area contributed by atoms with Crippen LogP contribution in [0.25, 0.3) is 10.8 Å². The molecular weight excluding hydrogens is 506 g/mol. The number of rotatable bonds is 9. The zero-order chi connectivity index (χ0) is 27.3. The Morgan fingerprint density at radius 3 is 2.66 bits per heavy atom. The SMILES string of the molecule is CCC(C)(N)c1cnc(OCCCS(C)(=O)=O)c2cnc(Nc3ccc4c(n3)C3(CC3)[C@@H](C)OC4=O)cc12. The molecule has 2 aliphatic rings. The van der Waals surface area contributed by atoms with Crippen LogP contribution in [-0.2, 0) is 25.5 Å². The van der Waals surface area contributed by atoms with Gasteiger partial charge in [-0.15, -0.1) is 0 Å². The number of fused-ring (bicyclic) bond motifs is 3. The van der Waals surface area contributed by atoms with Gasteiger partial charge in [-0.1, -0.05) is 6.92 Å². The molecule has 3 aromatic rings. The molecule has 4 heterocycles. The molecule has 11 heteroatoms. The molecule has 1 fully saturated rings. The van der Waals surface area contributed by atoms with Gasteiger partial charge in [0.05, 0.1) is 34.4 Å². The average Bonchev–Trinajstić information content (AvgIpc) is 3.67. The Labute approximate surface area is 222 Å². The summed E-state index contributed by atoms with van der Waals surface area (Å²) in [5.74, 6) is 1.22. The third kappa shape index (κ3) is 4.92. The third-order valence-corrected chi connectivity index (χ3v) is 8.71. The standard InChI is InChI=1S/C27H33N5O5S/c1-5-26(3,28)20-15-30-24(36-11-6-12-38(4,34)35)19-14-29-22(13-18(19)20)31-21-8-7-17-23(32-21)27(9-10-27)16(2)37-25(17)33/h7-8,13-16H,5-6,9-12,28H2,1-4H3,(H,29,31,32)/t16-,26?/m1/s1. The number of aromatic nitrogens is 3. The number of hydrogen-bond donors (Lipinski definition) is 2. The molecule has 3 N–H and O–H groups in total. The molecule has 5 rings (SSSR count). The smallest absolute Gasteiger partial charge is 0.340 e. The highest BCUT2D eigenvalue weighted by Crippen LogP contribution is 2.54. The van der Waals surface area contributed by atoms with Crippen molar-refractivity contribution in [1.29, 1.82) is 0 Å². The van der Waals surface area contributed by atoms with E-state index in [-0.39, 0.29) is 29.8 Å². The quantitative estimate of drug-likeness (QED) is 0.304. The van der Waals surface area contributed by atoms with Crippen molar-refractivity contribution in [2.24, 2.45) is 5.73 Å². The maximum absolute atomic E-state index is 12.4. The number of nitrogens with two attached hydrogens (primary N) is 1. The number of nitrogens with one attached hydrogen (secondary N) is 1. The van der Waals surface area contributed by atoms with E-state index in [1.165, 1.54) is 6.26 Å². The summed E-state index contributed by atoms with van der Waals surface area (Å²) < 4.78 is 34.3. The zero-order valence-electron chi connectivity index (χ0n) is 22.1. The number of cyclic esters (lactones) is 1. The van der Waals surface area contributed by atoms with Crippen LogP contribution in [0.5, 0.6) is 5.88 Å². The average molecular weight is 540 g/mol. The van der Waals surface area contributed by atoms with Crippen molar-refractivity contribution >= 4 is 38.2 Å². The van der Waals surface area contributed by atoms with Crippen molar-refractivity contribution in [3.63, 3.8) is 0 Å². The van der Waals surface area contributed by atoms with Crippen LogP contribution in [0.1, 0.15) is 68.1 Å². The normalized spacial score (nSPS) is 19.5. The highest BCUT2D eigenvalue weighted by Gasteiger charge is 2.56. The number of carbonyl (C=O) groups excluding carboxylic acids is 1. The molecule has 0 amide bonds. The fraction of sp³-hybridized carbons (Fsp3) is 0.481. The molecule has 1 saturated carbocycles. The van der Waals surface area contributed by atoms with Gasteiger partial charge in [-0.25, -0.2) is 28.2 Å². The molecule has 1 aliphatic heterocycles. The van der Waals surface area contributed by atoms with Crippen molar-refractivity contribution in [2.45, 2.75) is 63.5 Å². The minimum Gasteiger partial charge on any atom is -0.477 e. The van der Waals surface area contributed by atoms with Crippen LogP contribution in [0.4, 0.5) is 11.6 Å². The van der Waals surface area contributed by atoms with E-state index in [9.17, 15) is 13.2 Å². The van der Waals surface area contributed by atoms with Gasteiger partial charge in [-0.3, -0.25) is 0 Å².